The van der Waals surface area contributed by atoms with Gasteiger partial charge in [0.05, 0.1) is 11.4 Å². The second-order valence-electron chi connectivity index (χ2n) is 15.1. The van der Waals surface area contributed by atoms with E-state index in [0.29, 0.717) is 17.5 Å². The van der Waals surface area contributed by atoms with E-state index in [1.165, 1.54) is 49.2 Å². The first-order chi connectivity index (χ1) is 29.7. The molecule has 60 heavy (non-hydrogen) atoms. The number of hydrogen-bond acceptors (Lipinski definition) is 6. The van der Waals surface area contributed by atoms with Crippen molar-refractivity contribution in [3.8, 4) is 67.5 Å². The van der Waals surface area contributed by atoms with Gasteiger partial charge >= 0.3 is 0 Å². The number of aromatic nitrogens is 3. The number of anilines is 3. The van der Waals surface area contributed by atoms with Crippen LogP contribution in [0.25, 0.3) is 87.7 Å². The molecule has 0 bridgehead atoms. The van der Waals surface area contributed by atoms with E-state index in [2.05, 4.69) is 193 Å². The first-order valence-electron chi connectivity index (χ1n) is 20.5. The molecule has 0 amide bonds. The lowest BCUT2D eigenvalue weighted by atomic mass is 9.96. The van der Waals surface area contributed by atoms with Gasteiger partial charge in [-0.15, -0.1) is 11.3 Å². The minimum Gasteiger partial charge on any atom is -0.363 e. The number of rotatable bonds is 8. The van der Waals surface area contributed by atoms with Gasteiger partial charge in [0.15, 0.2) is 17.5 Å². The molecule has 1 atom stereocenters. The molecule has 0 fully saturated rings. The average Bonchev–Trinajstić information content (AvgIpc) is 3.91. The van der Waals surface area contributed by atoms with E-state index in [-0.39, 0.29) is 6.17 Å². The molecular weight excluding hydrogens is 751 g/mol. The standard InChI is InChI=1S/C54H39N5S/c1-2-49-55-47-25-11-12-26-48(47)59(49)40-33-31-36(32-34-40)35-27-29-38(30-28-35)41-19-9-10-20-45(41)53-56-52(39-17-7-4-8-18-39)57-54(58-53)46-24-14-23-44-43-22-13-21-42(50(43)60-51(44)46)37-15-5-3-6-16-37/h3-34,49,55H,2H2,1H3. The van der Waals surface area contributed by atoms with E-state index in [1.54, 1.807) is 0 Å². The van der Waals surface area contributed by atoms with Gasteiger partial charge in [0.2, 0.25) is 0 Å². The van der Waals surface area contributed by atoms with Gasteiger partial charge in [0.25, 0.3) is 0 Å². The monoisotopic (exact) mass is 789 g/mol. The molecule has 286 valence electrons. The fourth-order valence-electron chi connectivity index (χ4n) is 8.58. The molecule has 2 aromatic heterocycles. The minimum atomic E-state index is 0.231. The third-order valence-corrected chi connectivity index (χ3v) is 12.8. The van der Waals surface area contributed by atoms with Crippen molar-refractivity contribution in [2.75, 3.05) is 10.2 Å². The van der Waals surface area contributed by atoms with Crippen LogP contribution in [0.1, 0.15) is 13.3 Å². The normalized spacial score (nSPS) is 13.4. The van der Waals surface area contributed by atoms with Crippen molar-refractivity contribution < 1.29 is 0 Å². The molecule has 11 rings (SSSR count). The summed E-state index contributed by atoms with van der Waals surface area (Å²) in [5, 5.41) is 6.11. The minimum absolute atomic E-state index is 0.231. The number of hydrogen-bond donors (Lipinski definition) is 1. The van der Waals surface area contributed by atoms with Crippen molar-refractivity contribution in [1.29, 1.82) is 0 Å². The molecule has 1 aliphatic heterocycles. The highest BCUT2D eigenvalue weighted by Crippen LogP contribution is 2.45. The van der Waals surface area contributed by atoms with Crippen LogP contribution >= 0.6 is 11.3 Å². The second kappa shape index (κ2) is 15.1. The molecule has 3 heterocycles. The summed E-state index contributed by atoms with van der Waals surface area (Å²) in [6.07, 6.45) is 1.23. The van der Waals surface area contributed by atoms with Gasteiger partial charge in [-0.05, 0) is 70.1 Å². The van der Waals surface area contributed by atoms with Crippen molar-refractivity contribution in [3.05, 3.63) is 194 Å². The summed E-state index contributed by atoms with van der Waals surface area (Å²) in [4.78, 5) is 18.0. The maximum absolute atomic E-state index is 5.29. The lowest BCUT2D eigenvalue weighted by Gasteiger charge is -2.26. The van der Waals surface area contributed by atoms with Gasteiger partial charge in [-0.3, -0.25) is 0 Å². The van der Waals surface area contributed by atoms with E-state index in [0.717, 1.165) is 44.5 Å². The van der Waals surface area contributed by atoms with Crippen LogP contribution in [-0.2, 0) is 0 Å². The number of benzene rings is 8. The van der Waals surface area contributed by atoms with E-state index >= 15 is 0 Å². The topological polar surface area (TPSA) is 53.9 Å². The number of para-hydroxylation sites is 2. The highest BCUT2D eigenvalue weighted by atomic mass is 32.1. The van der Waals surface area contributed by atoms with E-state index in [9.17, 15) is 0 Å². The average molecular weight is 790 g/mol. The molecule has 5 nitrogen and oxygen atoms in total. The summed E-state index contributed by atoms with van der Waals surface area (Å²) in [5.41, 5.74) is 13.4. The Labute approximate surface area is 353 Å². The zero-order valence-electron chi connectivity index (χ0n) is 33.0. The van der Waals surface area contributed by atoms with Crippen molar-refractivity contribution in [3.63, 3.8) is 0 Å². The second-order valence-corrected chi connectivity index (χ2v) is 16.2. The van der Waals surface area contributed by atoms with Crippen LogP contribution in [0.2, 0.25) is 0 Å². The molecule has 8 aromatic carbocycles. The molecule has 1 N–H and O–H groups in total. The molecule has 0 saturated carbocycles. The molecule has 0 saturated heterocycles. The van der Waals surface area contributed by atoms with Crippen LogP contribution in [0.3, 0.4) is 0 Å². The summed E-state index contributed by atoms with van der Waals surface area (Å²) in [5.74, 6) is 1.94. The third kappa shape index (κ3) is 6.29. The van der Waals surface area contributed by atoms with Gasteiger partial charge in [-0.25, -0.2) is 15.0 Å². The number of thiophene rings is 1. The van der Waals surface area contributed by atoms with Crippen molar-refractivity contribution in [2.45, 2.75) is 19.5 Å². The molecule has 1 unspecified atom stereocenters. The third-order valence-electron chi connectivity index (χ3n) is 11.5. The molecule has 0 radical (unpaired) electrons. The molecule has 0 aliphatic carbocycles. The van der Waals surface area contributed by atoms with Crippen molar-refractivity contribution in [1.82, 2.24) is 15.0 Å². The Morgan fingerprint density at radius 3 is 1.63 bits per heavy atom. The van der Waals surface area contributed by atoms with E-state index in [1.807, 2.05) is 29.5 Å². The number of fused-ring (bicyclic) bond motifs is 4. The summed E-state index contributed by atoms with van der Waals surface area (Å²) >= 11 is 1.81. The largest absolute Gasteiger partial charge is 0.363 e. The summed E-state index contributed by atoms with van der Waals surface area (Å²) in [6.45, 7) is 2.22. The first kappa shape index (κ1) is 35.7. The fourth-order valence-corrected chi connectivity index (χ4v) is 9.93. The smallest absolute Gasteiger partial charge is 0.165 e. The highest BCUT2D eigenvalue weighted by Gasteiger charge is 2.28. The van der Waals surface area contributed by atoms with Gasteiger partial charge in [-0.1, -0.05) is 171 Å². The van der Waals surface area contributed by atoms with Crippen LogP contribution in [0.5, 0.6) is 0 Å². The summed E-state index contributed by atoms with van der Waals surface area (Å²) in [6, 6.07) is 68.7. The van der Waals surface area contributed by atoms with Crippen LogP contribution < -0.4 is 10.2 Å². The van der Waals surface area contributed by atoms with Crippen LogP contribution in [0, 0.1) is 0 Å². The van der Waals surface area contributed by atoms with Gasteiger partial charge < -0.3 is 10.2 Å². The molecule has 6 heteroatoms. The Bertz CT molecular complexity index is 3160. The van der Waals surface area contributed by atoms with E-state index in [4.69, 9.17) is 15.0 Å². The zero-order valence-corrected chi connectivity index (χ0v) is 33.8. The SMILES string of the molecule is CCC1Nc2ccccc2N1c1ccc(-c2ccc(-c3ccccc3-c3nc(-c4ccccc4)nc(-c4cccc5c4sc4c(-c6ccccc6)cccc45)n3)cc2)cc1. The van der Waals surface area contributed by atoms with Gasteiger partial charge in [0, 0.05) is 42.6 Å². The zero-order chi connectivity index (χ0) is 40.0. The molecule has 1 aliphatic rings. The summed E-state index contributed by atoms with van der Waals surface area (Å²) in [7, 11) is 0. The van der Waals surface area contributed by atoms with Gasteiger partial charge in [-0.2, -0.15) is 0 Å². The van der Waals surface area contributed by atoms with Crippen LogP contribution in [0.15, 0.2) is 194 Å². The Kier molecular flexibility index (Phi) is 8.98. The maximum atomic E-state index is 5.29. The Hall–Kier alpha value is -7.41. The Morgan fingerprint density at radius 1 is 0.433 bits per heavy atom. The van der Waals surface area contributed by atoms with Crippen molar-refractivity contribution in [2.24, 2.45) is 0 Å². The molecule has 0 spiro atoms. The maximum Gasteiger partial charge on any atom is 0.165 e. The van der Waals surface area contributed by atoms with Gasteiger partial charge in [0.1, 0.15) is 6.17 Å². The fraction of sp³-hybridized carbons (Fsp3) is 0.0556. The Morgan fingerprint density at radius 2 is 0.933 bits per heavy atom. The van der Waals surface area contributed by atoms with Crippen LogP contribution in [0.4, 0.5) is 17.1 Å². The van der Waals surface area contributed by atoms with Crippen LogP contribution in [-0.4, -0.2) is 21.1 Å². The Balaban J connectivity index is 0.975. The number of nitrogens with zero attached hydrogens (tertiary/aromatic N) is 4. The number of nitrogens with one attached hydrogen (secondary N) is 1. The molecule has 10 aromatic rings. The lowest BCUT2D eigenvalue weighted by Crippen LogP contribution is -2.30. The van der Waals surface area contributed by atoms with Crippen molar-refractivity contribution >= 4 is 48.6 Å². The predicted molar refractivity (Wildman–Crippen MR) is 252 cm³/mol. The highest BCUT2D eigenvalue weighted by molar-refractivity contribution is 7.26. The van der Waals surface area contributed by atoms with E-state index < -0.39 is 0 Å². The predicted octanol–water partition coefficient (Wildman–Crippen LogP) is 14.5. The lowest BCUT2D eigenvalue weighted by molar-refractivity contribution is 0.728. The summed E-state index contributed by atoms with van der Waals surface area (Å²) < 4.78 is 2.42. The first-order valence-corrected chi connectivity index (χ1v) is 21.3. The quantitative estimate of drug-likeness (QED) is 0.166. The molecular formula is C54H39N5S.